The second-order valence-corrected chi connectivity index (χ2v) is 5.80. The topological polar surface area (TPSA) is 39.4 Å². The second kappa shape index (κ2) is 5.85. The van der Waals surface area contributed by atoms with Crippen LogP contribution in [-0.4, -0.2) is 0 Å². The summed E-state index contributed by atoms with van der Waals surface area (Å²) in [4.78, 5) is 12.9. The molecule has 0 saturated carbocycles. The highest BCUT2D eigenvalue weighted by molar-refractivity contribution is 6.05. The molecule has 0 unspecified atom stereocenters. The average molecular weight is 316 g/mol. The molecule has 3 nitrogen and oxygen atoms in total. The van der Waals surface area contributed by atoms with E-state index < -0.39 is 0 Å². The van der Waals surface area contributed by atoms with Crippen molar-refractivity contribution in [2.75, 3.05) is 0 Å². The van der Waals surface area contributed by atoms with Gasteiger partial charge >= 0.3 is 0 Å². The zero-order chi connectivity index (χ0) is 16.5. The minimum atomic E-state index is -0.0402. The van der Waals surface area contributed by atoms with Crippen molar-refractivity contribution in [3.05, 3.63) is 88.3 Å². The molecule has 3 aromatic carbocycles. The summed E-state index contributed by atoms with van der Waals surface area (Å²) in [5, 5.41) is 2.54. The summed E-state index contributed by atoms with van der Waals surface area (Å²) < 4.78 is 11.5. The lowest BCUT2D eigenvalue weighted by atomic mass is 10.0. The van der Waals surface area contributed by atoms with Gasteiger partial charge in [-0.05, 0) is 35.4 Å². The molecule has 1 heterocycles. The molecule has 0 aliphatic carbocycles. The standard InChI is InChI=1S/C21H16O3/c1-14-6-2-5-9-18(14)23-12-16-13-24-19-11-10-15-7-3-4-8-17(15)20(19)21(16)22/h2-11,13H,12H2,1H3. The number of fused-ring (bicyclic) bond motifs is 3. The van der Waals surface area contributed by atoms with Gasteiger partial charge in [-0.1, -0.05) is 48.5 Å². The molecule has 0 saturated heterocycles. The van der Waals surface area contributed by atoms with Gasteiger partial charge in [-0.25, -0.2) is 0 Å². The van der Waals surface area contributed by atoms with Gasteiger partial charge in [0, 0.05) is 0 Å². The maximum atomic E-state index is 12.9. The van der Waals surface area contributed by atoms with Gasteiger partial charge in [0.05, 0.1) is 10.9 Å². The molecule has 0 spiro atoms. The Balaban J connectivity index is 1.79. The Morgan fingerprint density at radius 2 is 1.75 bits per heavy atom. The molecule has 0 aliphatic rings. The van der Waals surface area contributed by atoms with Crippen molar-refractivity contribution in [1.29, 1.82) is 0 Å². The van der Waals surface area contributed by atoms with E-state index in [0.29, 0.717) is 16.5 Å². The first kappa shape index (κ1) is 14.5. The van der Waals surface area contributed by atoms with Gasteiger partial charge < -0.3 is 9.15 Å². The second-order valence-electron chi connectivity index (χ2n) is 5.80. The highest BCUT2D eigenvalue weighted by atomic mass is 16.5. The SMILES string of the molecule is Cc1ccccc1OCc1coc2ccc3ccccc3c2c1=O. The zero-order valence-corrected chi connectivity index (χ0v) is 13.3. The molecule has 3 heteroatoms. The number of para-hydroxylation sites is 1. The summed E-state index contributed by atoms with van der Waals surface area (Å²) >= 11 is 0. The van der Waals surface area contributed by atoms with Crippen LogP contribution in [0.4, 0.5) is 0 Å². The number of benzene rings is 3. The molecule has 0 aliphatic heterocycles. The van der Waals surface area contributed by atoms with Gasteiger partial charge in [0.15, 0.2) is 5.43 Å². The average Bonchev–Trinajstić information content (AvgIpc) is 2.62. The third kappa shape index (κ3) is 2.44. The van der Waals surface area contributed by atoms with Crippen LogP contribution in [0.1, 0.15) is 11.1 Å². The Kier molecular flexibility index (Phi) is 3.54. The zero-order valence-electron chi connectivity index (χ0n) is 13.3. The van der Waals surface area contributed by atoms with E-state index in [1.54, 1.807) is 0 Å². The van der Waals surface area contributed by atoms with Crippen molar-refractivity contribution >= 4 is 21.7 Å². The van der Waals surface area contributed by atoms with Crippen LogP contribution in [0.3, 0.4) is 0 Å². The fraction of sp³-hybridized carbons (Fsp3) is 0.0952. The quantitative estimate of drug-likeness (QED) is 0.508. The third-order valence-corrected chi connectivity index (χ3v) is 4.21. The van der Waals surface area contributed by atoms with E-state index in [1.807, 2.05) is 67.6 Å². The molecule has 1 aromatic heterocycles. The molecular formula is C21H16O3. The van der Waals surface area contributed by atoms with Gasteiger partial charge in [0.1, 0.15) is 24.2 Å². The lowest BCUT2D eigenvalue weighted by Gasteiger charge is -2.09. The van der Waals surface area contributed by atoms with Crippen LogP contribution >= 0.6 is 0 Å². The van der Waals surface area contributed by atoms with Crippen molar-refractivity contribution in [3.63, 3.8) is 0 Å². The van der Waals surface area contributed by atoms with Crippen molar-refractivity contribution < 1.29 is 9.15 Å². The van der Waals surface area contributed by atoms with Crippen LogP contribution in [-0.2, 0) is 6.61 Å². The molecule has 0 fully saturated rings. The highest BCUT2D eigenvalue weighted by Gasteiger charge is 2.11. The molecule has 0 radical (unpaired) electrons. The van der Waals surface area contributed by atoms with Crippen LogP contribution in [0, 0.1) is 6.92 Å². The predicted molar refractivity (Wildman–Crippen MR) is 95.5 cm³/mol. The molecule has 0 atom stereocenters. The van der Waals surface area contributed by atoms with Gasteiger partial charge in [0.2, 0.25) is 0 Å². The third-order valence-electron chi connectivity index (χ3n) is 4.21. The van der Waals surface area contributed by atoms with Gasteiger partial charge in [-0.2, -0.15) is 0 Å². The van der Waals surface area contributed by atoms with Crippen LogP contribution in [0.15, 0.2) is 76.1 Å². The summed E-state index contributed by atoms with van der Waals surface area (Å²) in [7, 11) is 0. The maximum absolute atomic E-state index is 12.9. The summed E-state index contributed by atoms with van der Waals surface area (Å²) in [5.74, 6) is 0.773. The molecule has 0 bridgehead atoms. The van der Waals surface area contributed by atoms with Crippen molar-refractivity contribution in [1.82, 2.24) is 0 Å². The number of hydrogen-bond acceptors (Lipinski definition) is 3. The van der Waals surface area contributed by atoms with Gasteiger partial charge in [-0.3, -0.25) is 4.79 Å². The predicted octanol–water partition coefficient (Wildman–Crippen LogP) is 4.83. The molecule has 0 amide bonds. The number of hydrogen-bond donors (Lipinski definition) is 0. The molecule has 4 rings (SSSR count). The van der Waals surface area contributed by atoms with Gasteiger partial charge in [0.25, 0.3) is 0 Å². The summed E-state index contributed by atoms with van der Waals surface area (Å²) in [5.41, 5.74) is 2.11. The minimum Gasteiger partial charge on any atom is -0.488 e. The number of rotatable bonds is 3. The summed E-state index contributed by atoms with van der Waals surface area (Å²) in [6, 6.07) is 19.4. The fourth-order valence-corrected chi connectivity index (χ4v) is 2.91. The Hall–Kier alpha value is -3.07. The number of aryl methyl sites for hydroxylation is 1. The first-order valence-electron chi connectivity index (χ1n) is 7.84. The van der Waals surface area contributed by atoms with Gasteiger partial charge in [-0.15, -0.1) is 0 Å². The van der Waals surface area contributed by atoms with Crippen LogP contribution in [0.5, 0.6) is 5.75 Å². The lowest BCUT2D eigenvalue weighted by Crippen LogP contribution is -2.12. The Labute approximate surface area is 139 Å². The maximum Gasteiger partial charge on any atom is 0.199 e. The van der Waals surface area contributed by atoms with E-state index in [1.165, 1.54) is 6.26 Å². The first-order chi connectivity index (χ1) is 11.7. The van der Waals surface area contributed by atoms with E-state index in [-0.39, 0.29) is 12.0 Å². The Morgan fingerprint density at radius 3 is 2.62 bits per heavy atom. The smallest absolute Gasteiger partial charge is 0.199 e. The Morgan fingerprint density at radius 1 is 0.958 bits per heavy atom. The van der Waals surface area contributed by atoms with Crippen molar-refractivity contribution in [2.45, 2.75) is 13.5 Å². The molecule has 0 N–H and O–H groups in total. The lowest BCUT2D eigenvalue weighted by molar-refractivity contribution is 0.300. The summed E-state index contributed by atoms with van der Waals surface area (Å²) in [6.45, 7) is 2.16. The molecule has 118 valence electrons. The first-order valence-corrected chi connectivity index (χ1v) is 7.84. The minimum absolute atomic E-state index is 0.0402. The van der Waals surface area contributed by atoms with Crippen molar-refractivity contribution in [2.24, 2.45) is 0 Å². The normalized spacial score (nSPS) is 11.0. The fourth-order valence-electron chi connectivity index (χ4n) is 2.91. The molecule has 24 heavy (non-hydrogen) atoms. The van der Waals surface area contributed by atoms with E-state index in [4.69, 9.17) is 9.15 Å². The molecule has 4 aromatic rings. The van der Waals surface area contributed by atoms with Crippen LogP contribution in [0.2, 0.25) is 0 Å². The van der Waals surface area contributed by atoms with E-state index in [2.05, 4.69) is 0 Å². The van der Waals surface area contributed by atoms with Crippen LogP contribution < -0.4 is 10.2 Å². The highest BCUT2D eigenvalue weighted by Crippen LogP contribution is 2.24. The van der Waals surface area contributed by atoms with Crippen LogP contribution in [0.25, 0.3) is 21.7 Å². The van der Waals surface area contributed by atoms with E-state index >= 15 is 0 Å². The molecular weight excluding hydrogens is 300 g/mol. The number of ether oxygens (including phenoxy) is 1. The Bertz CT molecular complexity index is 1090. The largest absolute Gasteiger partial charge is 0.488 e. The van der Waals surface area contributed by atoms with E-state index in [0.717, 1.165) is 22.1 Å². The van der Waals surface area contributed by atoms with Crippen molar-refractivity contribution in [3.8, 4) is 5.75 Å². The monoisotopic (exact) mass is 316 g/mol. The summed E-state index contributed by atoms with van der Waals surface area (Å²) in [6.07, 6.45) is 1.50. The van der Waals surface area contributed by atoms with E-state index in [9.17, 15) is 4.79 Å².